The Kier molecular flexibility index (Phi) is 4.69. The first-order chi connectivity index (χ1) is 13.2. The number of carbonyl (C=O) groups is 1. The summed E-state index contributed by atoms with van der Waals surface area (Å²) in [6.45, 7) is 0. The molecule has 2 heterocycles. The lowest BCUT2D eigenvalue weighted by atomic mass is 10.1. The van der Waals surface area contributed by atoms with Crippen LogP contribution in [0.15, 0.2) is 77.8 Å². The van der Waals surface area contributed by atoms with Crippen molar-refractivity contribution in [1.29, 1.82) is 0 Å². The van der Waals surface area contributed by atoms with E-state index in [2.05, 4.69) is 11.1 Å². The van der Waals surface area contributed by atoms with Gasteiger partial charge in [0, 0.05) is 23.7 Å². The van der Waals surface area contributed by atoms with Crippen LogP contribution in [0.25, 0.3) is 11.8 Å². The number of pyridine rings is 1. The molecule has 4 rings (SSSR count). The molecule has 1 amide bonds. The van der Waals surface area contributed by atoms with Crippen LogP contribution in [0, 0.1) is 0 Å². The molecule has 1 aliphatic rings. The Morgan fingerprint density at radius 2 is 1.78 bits per heavy atom. The topological polar surface area (TPSA) is 36.4 Å². The van der Waals surface area contributed by atoms with Gasteiger partial charge in [0.25, 0.3) is 5.91 Å². The number of thioether (sulfide) groups is 1. The zero-order valence-corrected chi connectivity index (χ0v) is 16.0. The average Bonchev–Trinajstić information content (AvgIpc) is 3.00. The van der Waals surface area contributed by atoms with Gasteiger partial charge in [0.1, 0.15) is 5.82 Å². The van der Waals surface area contributed by atoms with Crippen LogP contribution in [0.5, 0.6) is 0 Å². The third-order valence-electron chi connectivity index (χ3n) is 4.54. The molecule has 1 aromatic heterocycles. The highest BCUT2D eigenvalue weighted by molar-refractivity contribution is 7.98. The second-order valence-electron chi connectivity index (χ2n) is 6.18. The number of hydrogen-bond acceptors (Lipinski definition) is 4. The summed E-state index contributed by atoms with van der Waals surface area (Å²) < 4.78 is 0. The Labute approximate surface area is 163 Å². The summed E-state index contributed by atoms with van der Waals surface area (Å²) >= 11 is 1.67. The highest BCUT2D eigenvalue weighted by Crippen LogP contribution is 2.38. The molecule has 0 unspecified atom stereocenters. The van der Waals surface area contributed by atoms with Gasteiger partial charge >= 0.3 is 0 Å². The predicted octanol–water partition coefficient (Wildman–Crippen LogP) is 4.81. The van der Waals surface area contributed by atoms with Crippen LogP contribution >= 0.6 is 11.8 Å². The number of fused-ring (bicyclic) bond motifs is 1. The van der Waals surface area contributed by atoms with Crippen molar-refractivity contribution in [2.45, 2.75) is 4.90 Å². The van der Waals surface area contributed by atoms with Gasteiger partial charge < -0.3 is 0 Å². The number of amides is 1. The lowest BCUT2D eigenvalue weighted by Gasteiger charge is -2.30. The van der Waals surface area contributed by atoms with E-state index in [1.54, 1.807) is 28.0 Å². The minimum absolute atomic E-state index is 0.0482. The number of benzene rings is 2. The smallest absolute Gasteiger partial charge is 0.267 e. The predicted molar refractivity (Wildman–Crippen MR) is 111 cm³/mol. The summed E-state index contributed by atoms with van der Waals surface area (Å²) in [4.78, 5) is 18.7. The molecule has 1 aliphatic heterocycles. The van der Waals surface area contributed by atoms with Gasteiger partial charge in [-0.05, 0) is 48.2 Å². The molecule has 0 atom stereocenters. The Bertz CT molecular complexity index is 1000. The Morgan fingerprint density at radius 1 is 1.00 bits per heavy atom. The molecule has 2 aromatic carbocycles. The van der Waals surface area contributed by atoms with Gasteiger partial charge in [-0.1, -0.05) is 36.4 Å². The second-order valence-corrected chi connectivity index (χ2v) is 7.06. The molecular weight excluding hydrogens is 354 g/mol. The molecule has 0 bridgehead atoms. The molecule has 0 aliphatic carbocycles. The van der Waals surface area contributed by atoms with Crippen molar-refractivity contribution < 1.29 is 4.79 Å². The third-order valence-corrected chi connectivity index (χ3v) is 5.26. The number of hydrogen-bond donors (Lipinski definition) is 0. The lowest BCUT2D eigenvalue weighted by Crippen LogP contribution is -2.39. The van der Waals surface area contributed by atoms with Gasteiger partial charge in [-0.25, -0.2) is 9.99 Å². The van der Waals surface area contributed by atoms with Crippen LogP contribution in [-0.4, -0.2) is 29.2 Å². The van der Waals surface area contributed by atoms with E-state index >= 15 is 0 Å². The number of aromatic nitrogens is 1. The van der Waals surface area contributed by atoms with Crippen molar-refractivity contribution in [3.8, 4) is 0 Å². The van der Waals surface area contributed by atoms with Crippen molar-refractivity contribution in [2.24, 2.45) is 0 Å². The zero-order valence-electron chi connectivity index (χ0n) is 15.2. The lowest BCUT2D eigenvalue weighted by molar-refractivity contribution is 0.0844. The van der Waals surface area contributed by atoms with E-state index < -0.39 is 0 Å². The number of rotatable bonds is 4. The van der Waals surface area contributed by atoms with Crippen molar-refractivity contribution >= 4 is 35.3 Å². The highest BCUT2D eigenvalue weighted by Gasteiger charge is 2.35. The molecule has 5 heteroatoms. The van der Waals surface area contributed by atoms with Crippen molar-refractivity contribution in [3.63, 3.8) is 0 Å². The van der Waals surface area contributed by atoms with Crippen LogP contribution in [0.1, 0.15) is 21.5 Å². The number of anilines is 1. The largest absolute Gasteiger partial charge is 0.277 e. The van der Waals surface area contributed by atoms with Crippen LogP contribution in [-0.2, 0) is 0 Å². The Balaban J connectivity index is 1.87. The summed E-state index contributed by atoms with van der Waals surface area (Å²) in [6.07, 6.45) is 5.82. The van der Waals surface area contributed by atoms with Crippen LogP contribution < -0.4 is 5.01 Å². The van der Waals surface area contributed by atoms with Gasteiger partial charge in [-0.2, -0.15) is 0 Å². The summed E-state index contributed by atoms with van der Waals surface area (Å²) in [7, 11) is 1.86. The fraction of sp³-hybridized carbons (Fsp3) is 0.0909. The fourth-order valence-electron chi connectivity index (χ4n) is 3.18. The molecular formula is C22H19N3OS. The monoisotopic (exact) mass is 373 g/mol. The van der Waals surface area contributed by atoms with E-state index in [4.69, 9.17) is 0 Å². The van der Waals surface area contributed by atoms with Crippen molar-refractivity contribution in [3.05, 3.63) is 89.6 Å². The fourth-order valence-corrected chi connectivity index (χ4v) is 3.62. The molecule has 0 spiro atoms. The van der Waals surface area contributed by atoms with Crippen molar-refractivity contribution in [1.82, 2.24) is 9.99 Å². The molecule has 134 valence electrons. The maximum absolute atomic E-state index is 13.2. The minimum atomic E-state index is -0.0482. The molecule has 0 fully saturated rings. The van der Waals surface area contributed by atoms with Crippen LogP contribution in [0.3, 0.4) is 0 Å². The summed E-state index contributed by atoms with van der Waals surface area (Å²) in [5.74, 6) is 0.663. The van der Waals surface area contributed by atoms with Gasteiger partial charge in [0.05, 0.1) is 11.3 Å². The molecule has 0 radical (unpaired) electrons. The molecule has 3 aromatic rings. The standard InChI is InChI=1S/C22H19N3OS/c1-24(21-10-6-7-13-23-21)25-20(14-16-8-4-3-5-9-16)19-15-17(27-2)11-12-18(19)22(25)26/h3-15H,1-2H3/b20-14-. The Morgan fingerprint density at radius 3 is 2.48 bits per heavy atom. The SMILES string of the molecule is CSc1ccc2c(c1)/C(=C/c1ccccc1)N(N(C)c1ccccn1)C2=O. The number of nitrogens with zero attached hydrogens (tertiary/aromatic N) is 3. The maximum atomic E-state index is 13.2. The van der Waals surface area contributed by atoms with Crippen LogP contribution in [0.2, 0.25) is 0 Å². The number of carbonyl (C=O) groups excluding carboxylic acids is 1. The van der Waals surface area contributed by atoms with Crippen molar-refractivity contribution in [2.75, 3.05) is 18.3 Å². The molecule has 4 nitrogen and oxygen atoms in total. The van der Waals surface area contributed by atoms with E-state index in [9.17, 15) is 4.79 Å². The van der Waals surface area contributed by atoms with Gasteiger partial charge in [0.15, 0.2) is 0 Å². The van der Waals surface area contributed by atoms with E-state index in [0.29, 0.717) is 11.4 Å². The van der Waals surface area contributed by atoms with E-state index in [1.165, 1.54) is 0 Å². The molecule has 27 heavy (non-hydrogen) atoms. The first-order valence-electron chi connectivity index (χ1n) is 8.63. The maximum Gasteiger partial charge on any atom is 0.277 e. The normalized spacial score (nSPS) is 14.5. The molecule has 0 saturated carbocycles. The third kappa shape index (κ3) is 3.22. The first kappa shape index (κ1) is 17.4. The second kappa shape index (κ2) is 7.29. The summed E-state index contributed by atoms with van der Waals surface area (Å²) in [5.41, 5.74) is 3.55. The minimum Gasteiger partial charge on any atom is -0.267 e. The van der Waals surface area contributed by atoms with E-state index in [0.717, 1.165) is 21.7 Å². The molecule has 0 N–H and O–H groups in total. The molecule has 0 saturated heterocycles. The Hall–Kier alpha value is -3.05. The van der Waals surface area contributed by atoms with Gasteiger partial charge in [-0.3, -0.25) is 9.80 Å². The summed E-state index contributed by atoms with van der Waals surface area (Å²) in [5, 5.41) is 3.50. The number of hydrazine groups is 1. The quantitative estimate of drug-likeness (QED) is 0.615. The van der Waals surface area contributed by atoms with E-state index in [-0.39, 0.29) is 5.91 Å². The van der Waals surface area contributed by atoms with Gasteiger partial charge in [0.2, 0.25) is 0 Å². The highest BCUT2D eigenvalue weighted by atomic mass is 32.2. The average molecular weight is 373 g/mol. The first-order valence-corrected chi connectivity index (χ1v) is 9.86. The van der Waals surface area contributed by atoms with Gasteiger partial charge in [-0.15, -0.1) is 11.8 Å². The van der Waals surface area contributed by atoms with Crippen LogP contribution in [0.4, 0.5) is 5.82 Å². The van der Waals surface area contributed by atoms with E-state index in [1.807, 2.05) is 80.0 Å². The summed E-state index contributed by atoms with van der Waals surface area (Å²) in [6, 6.07) is 21.7. The zero-order chi connectivity index (χ0) is 18.8.